The number of Topliss-reactive ketones (excluding diaryl/α,β-unsaturated/α-hetero) is 1. The molecule has 1 fully saturated rings. The maximum absolute atomic E-state index is 11.3. The van der Waals surface area contributed by atoms with E-state index >= 15 is 0 Å². The Morgan fingerprint density at radius 2 is 2.00 bits per heavy atom. The molecule has 0 radical (unpaired) electrons. The summed E-state index contributed by atoms with van der Waals surface area (Å²) in [5, 5.41) is 0. The molecular formula is C16H30O3. The normalized spacial score (nSPS) is 31.7. The van der Waals surface area contributed by atoms with Crippen molar-refractivity contribution in [1.29, 1.82) is 0 Å². The lowest BCUT2D eigenvalue weighted by molar-refractivity contribution is -0.143. The molecule has 112 valence electrons. The van der Waals surface area contributed by atoms with Gasteiger partial charge in [-0.1, -0.05) is 20.8 Å². The Morgan fingerprint density at radius 3 is 2.53 bits per heavy atom. The standard InChI is InChI=1S/C16H30O3/c1-11(2)14-8-6-12(3)15(9-7-13(4)17)16(14)19-10-18-5/h11-12,14-16H,6-10H2,1-5H3/t12-,14+,15+,16-/m1/s1. The molecule has 0 unspecified atom stereocenters. The highest BCUT2D eigenvalue weighted by Crippen LogP contribution is 2.41. The van der Waals surface area contributed by atoms with Crippen LogP contribution in [0.3, 0.4) is 0 Å². The van der Waals surface area contributed by atoms with Gasteiger partial charge in [0.2, 0.25) is 0 Å². The van der Waals surface area contributed by atoms with E-state index in [2.05, 4.69) is 20.8 Å². The van der Waals surface area contributed by atoms with Gasteiger partial charge >= 0.3 is 0 Å². The van der Waals surface area contributed by atoms with Gasteiger partial charge in [0.25, 0.3) is 0 Å². The maximum Gasteiger partial charge on any atom is 0.146 e. The molecular weight excluding hydrogens is 240 g/mol. The largest absolute Gasteiger partial charge is 0.359 e. The highest BCUT2D eigenvalue weighted by molar-refractivity contribution is 5.75. The molecule has 0 heterocycles. The number of rotatable bonds is 7. The topological polar surface area (TPSA) is 35.5 Å². The van der Waals surface area contributed by atoms with Crippen molar-refractivity contribution in [2.45, 2.75) is 59.5 Å². The molecule has 0 spiro atoms. The van der Waals surface area contributed by atoms with Crippen LogP contribution in [0.2, 0.25) is 0 Å². The van der Waals surface area contributed by atoms with Crippen LogP contribution in [-0.2, 0) is 14.3 Å². The first-order valence-electron chi connectivity index (χ1n) is 7.57. The van der Waals surface area contributed by atoms with Gasteiger partial charge in [0, 0.05) is 13.5 Å². The molecule has 1 rings (SSSR count). The van der Waals surface area contributed by atoms with Crippen LogP contribution < -0.4 is 0 Å². The summed E-state index contributed by atoms with van der Waals surface area (Å²) in [6.07, 6.45) is 4.34. The summed E-state index contributed by atoms with van der Waals surface area (Å²) in [5.74, 6) is 2.61. The SMILES string of the molecule is COCO[C@H]1[C@@H](CCC(C)=O)[C@H](C)CC[C@H]1C(C)C. The van der Waals surface area contributed by atoms with E-state index in [1.54, 1.807) is 14.0 Å². The quantitative estimate of drug-likeness (QED) is 0.662. The highest BCUT2D eigenvalue weighted by Gasteiger charge is 2.39. The minimum Gasteiger partial charge on any atom is -0.359 e. The van der Waals surface area contributed by atoms with Crippen LogP contribution in [0.25, 0.3) is 0 Å². The van der Waals surface area contributed by atoms with Crippen LogP contribution >= 0.6 is 0 Å². The van der Waals surface area contributed by atoms with Gasteiger partial charge in [-0.15, -0.1) is 0 Å². The van der Waals surface area contributed by atoms with Gasteiger partial charge in [0.15, 0.2) is 0 Å². The summed E-state index contributed by atoms with van der Waals surface area (Å²) in [6.45, 7) is 8.87. The number of ketones is 1. The minimum atomic E-state index is 0.239. The van der Waals surface area contributed by atoms with Gasteiger partial charge in [-0.05, 0) is 49.9 Å². The van der Waals surface area contributed by atoms with Crippen LogP contribution in [0.5, 0.6) is 0 Å². The molecule has 3 heteroatoms. The summed E-state index contributed by atoms with van der Waals surface area (Å²) in [6, 6.07) is 0. The summed E-state index contributed by atoms with van der Waals surface area (Å²) >= 11 is 0. The van der Waals surface area contributed by atoms with Gasteiger partial charge in [0.05, 0.1) is 6.10 Å². The van der Waals surface area contributed by atoms with Crippen LogP contribution in [0.15, 0.2) is 0 Å². The molecule has 1 aliphatic rings. The second kappa shape index (κ2) is 8.01. The molecule has 4 atom stereocenters. The maximum atomic E-state index is 11.3. The Balaban J connectivity index is 2.74. The van der Waals surface area contributed by atoms with E-state index in [0.717, 1.165) is 6.42 Å². The van der Waals surface area contributed by atoms with Crippen molar-refractivity contribution >= 4 is 5.78 Å². The second-order valence-corrected chi connectivity index (χ2v) is 6.40. The van der Waals surface area contributed by atoms with Gasteiger partial charge in [-0.25, -0.2) is 0 Å². The molecule has 0 aromatic carbocycles. The monoisotopic (exact) mass is 270 g/mol. The van der Waals surface area contributed by atoms with E-state index in [4.69, 9.17) is 9.47 Å². The van der Waals surface area contributed by atoms with E-state index in [1.807, 2.05) is 0 Å². The van der Waals surface area contributed by atoms with E-state index in [1.165, 1.54) is 12.8 Å². The van der Waals surface area contributed by atoms with E-state index < -0.39 is 0 Å². The molecule has 0 aliphatic heterocycles. The van der Waals surface area contributed by atoms with Gasteiger partial charge in [0.1, 0.15) is 12.6 Å². The zero-order valence-electron chi connectivity index (χ0n) is 13.1. The predicted octanol–water partition coefficient (Wildman–Crippen LogP) is 3.66. The van der Waals surface area contributed by atoms with E-state index in [9.17, 15) is 4.79 Å². The van der Waals surface area contributed by atoms with E-state index in [0.29, 0.717) is 36.9 Å². The van der Waals surface area contributed by atoms with Gasteiger partial charge < -0.3 is 14.3 Å². The molecule has 0 aromatic rings. The van der Waals surface area contributed by atoms with Crippen LogP contribution in [0.1, 0.15) is 53.4 Å². The lowest BCUT2D eigenvalue weighted by Gasteiger charge is -2.43. The zero-order valence-corrected chi connectivity index (χ0v) is 13.1. The molecule has 1 saturated carbocycles. The van der Waals surface area contributed by atoms with Crippen LogP contribution in [-0.4, -0.2) is 25.8 Å². The summed E-state index contributed by atoms with van der Waals surface area (Å²) in [7, 11) is 1.67. The lowest BCUT2D eigenvalue weighted by atomic mass is 9.67. The molecule has 0 aromatic heterocycles. The molecule has 0 N–H and O–H groups in total. The van der Waals surface area contributed by atoms with Crippen molar-refractivity contribution in [3.63, 3.8) is 0 Å². The summed E-state index contributed by atoms with van der Waals surface area (Å²) in [4.78, 5) is 11.3. The second-order valence-electron chi connectivity index (χ2n) is 6.40. The van der Waals surface area contributed by atoms with Crippen molar-refractivity contribution < 1.29 is 14.3 Å². The fourth-order valence-corrected chi connectivity index (χ4v) is 3.40. The Bertz CT molecular complexity index is 275. The average molecular weight is 270 g/mol. The van der Waals surface area contributed by atoms with Crippen molar-refractivity contribution in [3.05, 3.63) is 0 Å². The molecule has 3 nitrogen and oxygen atoms in total. The minimum absolute atomic E-state index is 0.239. The number of methoxy groups -OCH3 is 1. The first kappa shape index (κ1) is 16.6. The zero-order chi connectivity index (χ0) is 14.4. The summed E-state index contributed by atoms with van der Waals surface area (Å²) in [5.41, 5.74) is 0. The van der Waals surface area contributed by atoms with Gasteiger partial charge in [-0.3, -0.25) is 0 Å². The Labute approximate surface area is 118 Å². The van der Waals surface area contributed by atoms with Crippen molar-refractivity contribution in [2.24, 2.45) is 23.7 Å². The van der Waals surface area contributed by atoms with Crippen LogP contribution in [0, 0.1) is 23.7 Å². The third-order valence-electron chi connectivity index (χ3n) is 4.59. The van der Waals surface area contributed by atoms with Gasteiger partial charge in [-0.2, -0.15) is 0 Å². The van der Waals surface area contributed by atoms with Crippen LogP contribution in [0.4, 0.5) is 0 Å². The Kier molecular flexibility index (Phi) is 7.01. The average Bonchev–Trinajstić information content (AvgIpc) is 2.34. The number of ether oxygens (including phenoxy) is 2. The fourth-order valence-electron chi connectivity index (χ4n) is 3.40. The van der Waals surface area contributed by atoms with Crippen molar-refractivity contribution in [2.75, 3.05) is 13.9 Å². The number of carbonyl (C=O) groups excluding carboxylic acids is 1. The third kappa shape index (κ3) is 4.88. The lowest BCUT2D eigenvalue weighted by Crippen LogP contribution is -2.42. The Hall–Kier alpha value is -0.410. The Morgan fingerprint density at radius 1 is 1.32 bits per heavy atom. The van der Waals surface area contributed by atoms with E-state index in [-0.39, 0.29) is 11.9 Å². The molecule has 0 amide bonds. The summed E-state index contributed by atoms with van der Waals surface area (Å²) < 4.78 is 11.1. The number of hydrogen-bond donors (Lipinski definition) is 0. The van der Waals surface area contributed by atoms with Crippen molar-refractivity contribution in [1.82, 2.24) is 0 Å². The molecule has 0 bridgehead atoms. The molecule has 0 saturated heterocycles. The first-order valence-corrected chi connectivity index (χ1v) is 7.57. The van der Waals surface area contributed by atoms with Crippen molar-refractivity contribution in [3.8, 4) is 0 Å². The fraction of sp³-hybridized carbons (Fsp3) is 0.938. The molecule has 1 aliphatic carbocycles. The third-order valence-corrected chi connectivity index (χ3v) is 4.59. The number of hydrogen-bond acceptors (Lipinski definition) is 3. The predicted molar refractivity (Wildman–Crippen MR) is 76.9 cm³/mol. The molecule has 19 heavy (non-hydrogen) atoms. The number of carbonyl (C=O) groups is 1. The first-order chi connectivity index (χ1) is 8.97. The highest BCUT2D eigenvalue weighted by atomic mass is 16.7. The smallest absolute Gasteiger partial charge is 0.146 e.